The number of hydrogen-bond donors (Lipinski definition) is 1. The molecule has 1 aromatic heterocycles. The van der Waals surface area contributed by atoms with Crippen molar-refractivity contribution in [1.29, 1.82) is 0 Å². The van der Waals surface area contributed by atoms with Gasteiger partial charge in [0, 0.05) is 18.3 Å². The first-order valence-corrected chi connectivity index (χ1v) is 5.66. The summed E-state index contributed by atoms with van der Waals surface area (Å²) in [6.07, 6.45) is 3.77. The number of benzene rings is 1. The number of hydrogen-bond acceptors (Lipinski definition) is 3. The Kier molecular flexibility index (Phi) is 3.44. The van der Waals surface area contributed by atoms with Crippen molar-refractivity contribution in [2.75, 3.05) is 7.11 Å². The highest BCUT2D eigenvalue weighted by atomic mass is 16.5. The minimum atomic E-state index is -0.251. The quantitative estimate of drug-likeness (QED) is 0.875. The van der Waals surface area contributed by atoms with E-state index in [2.05, 4.69) is 11.9 Å². The van der Waals surface area contributed by atoms with Gasteiger partial charge in [-0.25, -0.2) is 4.98 Å². The summed E-state index contributed by atoms with van der Waals surface area (Å²) in [7, 11) is 1.65. The Hall–Kier alpha value is -1.81. The largest absolute Gasteiger partial charge is 0.496 e. The van der Waals surface area contributed by atoms with E-state index < -0.39 is 0 Å². The first kappa shape index (κ1) is 11.7. The fraction of sp³-hybridized carbons (Fsp3) is 0.308. The standard InChI is InChI=1S/C13H17N3O/c1-3-16-8-11(15-9-16)13(14)10-6-4-5-7-12(10)17-2/h4-9,13H,3,14H2,1-2H3. The molecular formula is C13H17N3O. The smallest absolute Gasteiger partial charge is 0.124 e. The van der Waals surface area contributed by atoms with Gasteiger partial charge in [-0.1, -0.05) is 18.2 Å². The van der Waals surface area contributed by atoms with Gasteiger partial charge in [0.1, 0.15) is 5.75 Å². The summed E-state index contributed by atoms with van der Waals surface area (Å²) in [5.74, 6) is 0.797. The summed E-state index contributed by atoms with van der Waals surface area (Å²) in [4.78, 5) is 4.32. The van der Waals surface area contributed by atoms with Gasteiger partial charge >= 0.3 is 0 Å². The molecule has 0 saturated carbocycles. The topological polar surface area (TPSA) is 53.1 Å². The monoisotopic (exact) mass is 231 g/mol. The van der Waals surface area contributed by atoms with E-state index in [1.807, 2.05) is 35.0 Å². The zero-order chi connectivity index (χ0) is 12.3. The maximum Gasteiger partial charge on any atom is 0.124 e. The van der Waals surface area contributed by atoms with E-state index in [1.54, 1.807) is 13.4 Å². The third-order valence-electron chi connectivity index (χ3n) is 2.81. The molecule has 2 rings (SSSR count). The van der Waals surface area contributed by atoms with Crippen LogP contribution >= 0.6 is 0 Å². The summed E-state index contributed by atoms with van der Waals surface area (Å²) in [5, 5.41) is 0. The zero-order valence-electron chi connectivity index (χ0n) is 10.1. The maximum absolute atomic E-state index is 6.20. The molecule has 4 nitrogen and oxygen atoms in total. The van der Waals surface area contributed by atoms with E-state index in [0.717, 1.165) is 23.6 Å². The summed E-state index contributed by atoms with van der Waals surface area (Å²) in [5.41, 5.74) is 8.02. The summed E-state index contributed by atoms with van der Waals surface area (Å²) >= 11 is 0. The van der Waals surface area contributed by atoms with Gasteiger partial charge in [-0.2, -0.15) is 0 Å². The fourth-order valence-electron chi connectivity index (χ4n) is 1.79. The van der Waals surface area contributed by atoms with Gasteiger partial charge in [0.2, 0.25) is 0 Å². The third kappa shape index (κ3) is 2.31. The van der Waals surface area contributed by atoms with Crippen molar-refractivity contribution >= 4 is 0 Å². The summed E-state index contributed by atoms with van der Waals surface area (Å²) in [6, 6.07) is 7.51. The second-order valence-electron chi connectivity index (χ2n) is 3.85. The van der Waals surface area contributed by atoms with E-state index in [-0.39, 0.29) is 6.04 Å². The lowest BCUT2D eigenvalue weighted by molar-refractivity contribution is 0.407. The predicted molar refractivity (Wildman–Crippen MR) is 66.9 cm³/mol. The van der Waals surface area contributed by atoms with Crippen molar-refractivity contribution in [2.45, 2.75) is 19.5 Å². The molecule has 0 amide bonds. The number of ether oxygens (including phenoxy) is 1. The second kappa shape index (κ2) is 5.01. The third-order valence-corrected chi connectivity index (χ3v) is 2.81. The van der Waals surface area contributed by atoms with E-state index in [9.17, 15) is 0 Å². The number of aromatic nitrogens is 2. The molecule has 17 heavy (non-hydrogen) atoms. The number of rotatable bonds is 4. The fourth-order valence-corrected chi connectivity index (χ4v) is 1.79. The van der Waals surface area contributed by atoms with E-state index >= 15 is 0 Å². The molecule has 0 radical (unpaired) electrons. The molecule has 4 heteroatoms. The first-order chi connectivity index (χ1) is 8.26. The van der Waals surface area contributed by atoms with Crippen LogP contribution in [0.5, 0.6) is 5.75 Å². The van der Waals surface area contributed by atoms with Gasteiger partial charge in [0.25, 0.3) is 0 Å². The highest BCUT2D eigenvalue weighted by Gasteiger charge is 2.15. The normalized spacial score (nSPS) is 12.4. The van der Waals surface area contributed by atoms with Crippen LogP contribution in [0.3, 0.4) is 0 Å². The molecule has 0 spiro atoms. The zero-order valence-corrected chi connectivity index (χ0v) is 10.1. The number of nitrogens with two attached hydrogens (primary N) is 1. The van der Waals surface area contributed by atoms with Crippen LogP contribution < -0.4 is 10.5 Å². The molecule has 1 atom stereocenters. The average Bonchev–Trinajstić information content (AvgIpc) is 2.86. The Balaban J connectivity index is 2.32. The van der Waals surface area contributed by atoms with E-state index in [1.165, 1.54) is 0 Å². The minimum Gasteiger partial charge on any atom is -0.496 e. The van der Waals surface area contributed by atoms with Crippen molar-refractivity contribution in [2.24, 2.45) is 5.73 Å². The second-order valence-corrected chi connectivity index (χ2v) is 3.85. The maximum atomic E-state index is 6.20. The van der Waals surface area contributed by atoms with E-state index in [4.69, 9.17) is 10.5 Å². The van der Waals surface area contributed by atoms with Crippen LogP contribution in [0.25, 0.3) is 0 Å². The van der Waals surface area contributed by atoms with Crippen LogP contribution in [0.1, 0.15) is 24.2 Å². The van der Waals surface area contributed by atoms with Crippen molar-refractivity contribution in [1.82, 2.24) is 9.55 Å². The Morgan fingerprint density at radius 3 is 2.82 bits per heavy atom. The molecule has 90 valence electrons. The Bertz CT molecular complexity index is 493. The summed E-state index contributed by atoms with van der Waals surface area (Å²) < 4.78 is 7.31. The molecule has 0 fully saturated rings. The van der Waals surface area contributed by atoms with Gasteiger partial charge in [0.15, 0.2) is 0 Å². The highest BCUT2D eigenvalue weighted by molar-refractivity contribution is 5.39. The number of nitrogens with zero attached hydrogens (tertiary/aromatic N) is 2. The predicted octanol–water partition coefficient (Wildman–Crippen LogP) is 1.96. The lowest BCUT2D eigenvalue weighted by Crippen LogP contribution is -2.13. The molecule has 1 unspecified atom stereocenters. The van der Waals surface area contributed by atoms with E-state index in [0.29, 0.717) is 0 Å². The molecule has 0 saturated heterocycles. The van der Waals surface area contributed by atoms with Crippen LogP contribution in [0, 0.1) is 0 Å². The van der Waals surface area contributed by atoms with Gasteiger partial charge in [-0.3, -0.25) is 0 Å². The van der Waals surface area contributed by atoms with Crippen LogP contribution in [0.2, 0.25) is 0 Å². The van der Waals surface area contributed by atoms with Crippen molar-refractivity contribution in [3.8, 4) is 5.75 Å². The van der Waals surface area contributed by atoms with Gasteiger partial charge in [0.05, 0.1) is 25.2 Å². The minimum absolute atomic E-state index is 0.251. The van der Waals surface area contributed by atoms with Crippen LogP contribution in [0.15, 0.2) is 36.8 Å². The van der Waals surface area contributed by atoms with Crippen LogP contribution in [0.4, 0.5) is 0 Å². The van der Waals surface area contributed by atoms with Gasteiger partial charge in [-0.15, -0.1) is 0 Å². The number of imidazole rings is 1. The van der Waals surface area contributed by atoms with Crippen molar-refractivity contribution < 1.29 is 4.74 Å². The highest BCUT2D eigenvalue weighted by Crippen LogP contribution is 2.26. The Morgan fingerprint density at radius 1 is 1.41 bits per heavy atom. The molecule has 0 aliphatic carbocycles. The number of aryl methyl sites for hydroxylation is 1. The molecule has 1 heterocycles. The van der Waals surface area contributed by atoms with Crippen molar-refractivity contribution in [3.63, 3.8) is 0 Å². The van der Waals surface area contributed by atoms with Crippen molar-refractivity contribution in [3.05, 3.63) is 48.0 Å². The molecule has 1 aromatic carbocycles. The lowest BCUT2D eigenvalue weighted by Gasteiger charge is -2.13. The molecule has 0 bridgehead atoms. The van der Waals surface area contributed by atoms with Crippen LogP contribution in [-0.4, -0.2) is 16.7 Å². The lowest BCUT2D eigenvalue weighted by atomic mass is 10.0. The average molecular weight is 231 g/mol. The number of para-hydroxylation sites is 1. The Morgan fingerprint density at radius 2 is 2.18 bits per heavy atom. The SMILES string of the molecule is CCn1cnc(C(N)c2ccccc2OC)c1. The summed E-state index contributed by atoms with van der Waals surface area (Å²) in [6.45, 7) is 2.96. The molecule has 0 aliphatic rings. The molecule has 2 aromatic rings. The molecule has 0 aliphatic heterocycles. The molecular weight excluding hydrogens is 214 g/mol. The first-order valence-electron chi connectivity index (χ1n) is 5.66. The Labute approximate surface area is 101 Å². The van der Waals surface area contributed by atoms with Gasteiger partial charge < -0.3 is 15.0 Å². The van der Waals surface area contributed by atoms with Gasteiger partial charge in [-0.05, 0) is 13.0 Å². The molecule has 2 N–H and O–H groups in total. The van der Waals surface area contributed by atoms with Crippen LogP contribution in [-0.2, 0) is 6.54 Å². The number of methoxy groups -OCH3 is 1.